The number of nitro benzene ring substituents is 2. The number of benzene rings is 2. The van der Waals surface area contributed by atoms with Crippen LogP contribution in [0, 0.1) is 20.2 Å². The first-order valence-corrected chi connectivity index (χ1v) is 7.57. The fourth-order valence-corrected chi connectivity index (χ4v) is 2.34. The lowest BCUT2D eigenvalue weighted by Crippen LogP contribution is -2.19. The SMILES string of the molecule is O=C(Cc1ccc([N+](=O)[O-])cc1)NN=Cc1cc2c(cc1[N+](=O)[O-])OCO2. The number of rotatable bonds is 6. The van der Waals surface area contributed by atoms with E-state index in [1.54, 1.807) is 0 Å². The van der Waals surface area contributed by atoms with E-state index in [-0.39, 0.29) is 35.9 Å². The minimum absolute atomic E-state index is 0.0287. The summed E-state index contributed by atoms with van der Waals surface area (Å²) in [4.78, 5) is 32.5. The normalized spacial score (nSPS) is 12.1. The molecular weight excluding hydrogens is 360 g/mol. The Kier molecular flexibility index (Phi) is 4.92. The fraction of sp³-hybridized carbons (Fsp3) is 0.125. The van der Waals surface area contributed by atoms with Gasteiger partial charge in [0, 0.05) is 12.1 Å². The van der Waals surface area contributed by atoms with Crippen LogP contribution >= 0.6 is 0 Å². The van der Waals surface area contributed by atoms with Gasteiger partial charge in [0.1, 0.15) is 0 Å². The second-order valence-corrected chi connectivity index (χ2v) is 5.41. The average molecular weight is 372 g/mol. The molecule has 2 aromatic rings. The molecule has 0 fully saturated rings. The van der Waals surface area contributed by atoms with Crippen molar-refractivity contribution in [2.75, 3.05) is 6.79 Å². The van der Waals surface area contributed by atoms with E-state index in [1.807, 2.05) is 0 Å². The van der Waals surface area contributed by atoms with Crippen molar-refractivity contribution >= 4 is 23.5 Å². The number of hydrogen-bond acceptors (Lipinski definition) is 8. The van der Waals surface area contributed by atoms with Crippen LogP contribution in [0.3, 0.4) is 0 Å². The highest BCUT2D eigenvalue weighted by molar-refractivity contribution is 5.88. The van der Waals surface area contributed by atoms with E-state index in [9.17, 15) is 25.0 Å². The largest absolute Gasteiger partial charge is 0.454 e. The summed E-state index contributed by atoms with van der Waals surface area (Å²) in [5, 5.41) is 25.5. The maximum absolute atomic E-state index is 11.9. The number of nitrogens with one attached hydrogen (secondary N) is 1. The number of hydrazone groups is 1. The molecule has 0 aliphatic carbocycles. The standard InChI is InChI=1S/C16H12N4O7/c21-16(5-10-1-3-12(4-2-10)19(22)23)18-17-8-11-6-14-15(27-9-26-14)7-13(11)20(24)25/h1-4,6-8H,5,9H2,(H,18,21). The molecule has 3 rings (SSSR count). The molecule has 1 aliphatic rings. The van der Waals surface area contributed by atoms with Crippen molar-refractivity contribution in [3.8, 4) is 11.5 Å². The number of carbonyl (C=O) groups excluding carboxylic acids is 1. The van der Waals surface area contributed by atoms with Crippen LogP contribution in [-0.4, -0.2) is 28.8 Å². The highest BCUT2D eigenvalue weighted by atomic mass is 16.7. The smallest absolute Gasteiger partial charge is 0.282 e. The van der Waals surface area contributed by atoms with E-state index in [4.69, 9.17) is 9.47 Å². The molecule has 11 heteroatoms. The number of ether oxygens (including phenoxy) is 2. The second-order valence-electron chi connectivity index (χ2n) is 5.41. The van der Waals surface area contributed by atoms with E-state index in [1.165, 1.54) is 36.4 Å². The summed E-state index contributed by atoms with van der Waals surface area (Å²) in [6.45, 7) is -0.0287. The monoisotopic (exact) mass is 372 g/mol. The molecule has 138 valence electrons. The maximum atomic E-state index is 11.9. The number of nitro groups is 2. The predicted octanol–water partition coefficient (Wildman–Crippen LogP) is 1.92. The number of carbonyl (C=O) groups is 1. The van der Waals surface area contributed by atoms with Gasteiger partial charge in [-0.15, -0.1) is 0 Å². The lowest BCUT2D eigenvalue weighted by atomic mass is 10.1. The van der Waals surface area contributed by atoms with Gasteiger partial charge >= 0.3 is 0 Å². The van der Waals surface area contributed by atoms with E-state index in [2.05, 4.69) is 10.5 Å². The molecule has 0 saturated carbocycles. The molecule has 1 N–H and O–H groups in total. The van der Waals surface area contributed by atoms with Gasteiger partial charge in [-0.05, 0) is 11.6 Å². The molecule has 0 saturated heterocycles. The summed E-state index contributed by atoms with van der Waals surface area (Å²) < 4.78 is 10.3. The molecule has 0 unspecified atom stereocenters. The summed E-state index contributed by atoms with van der Waals surface area (Å²) >= 11 is 0. The minimum atomic E-state index is -0.595. The van der Waals surface area contributed by atoms with Gasteiger partial charge in [-0.1, -0.05) is 12.1 Å². The molecule has 0 radical (unpaired) electrons. The van der Waals surface area contributed by atoms with Gasteiger partial charge in [-0.3, -0.25) is 25.0 Å². The Bertz CT molecular complexity index is 941. The zero-order valence-electron chi connectivity index (χ0n) is 13.7. The summed E-state index contributed by atoms with van der Waals surface area (Å²) in [6.07, 6.45) is 1.08. The number of non-ortho nitro benzene ring substituents is 1. The van der Waals surface area contributed by atoms with Gasteiger partial charge in [0.15, 0.2) is 11.5 Å². The summed E-state index contributed by atoms with van der Waals surface area (Å²) in [5.41, 5.74) is 2.63. The average Bonchev–Trinajstić information content (AvgIpc) is 3.08. The summed E-state index contributed by atoms with van der Waals surface area (Å²) in [5.74, 6) is 0.129. The Balaban J connectivity index is 1.65. The van der Waals surface area contributed by atoms with Crippen LogP contribution in [0.5, 0.6) is 11.5 Å². The highest BCUT2D eigenvalue weighted by Gasteiger charge is 2.22. The molecule has 0 aromatic heterocycles. The van der Waals surface area contributed by atoms with Crippen molar-refractivity contribution in [3.63, 3.8) is 0 Å². The second kappa shape index (κ2) is 7.47. The minimum Gasteiger partial charge on any atom is -0.454 e. The Morgan fingerprint density at radius 3 is 2.41 bits per heavy atom. The molecule has 1 amide bonds. The number of fused-ring (bicyclic) bond motifs is 1. The zero-order chi connectivity index (χ0) is 19.4. The maximum Gasteiger partial charge on any atom is 0.282 e. The van der Waals surface area contributed by atoms with Crippen molar-refractivity contribution in [1.29, 1.82) is 0 Å². The zero-order valence-corrected chi connectivity index (χ0v) is 13.7. The first kappa shape index (κ1) is 17.8. The fourth-order valence-electron chi connectivity index (χ4n) is 2.34. The molecule has 2 aromatic carbocycles. The molecule has 27 heavy (non-hydrogen) atoms. The molecule has 1 heterocycles. The summed E-state index contributed by atoms with van der Waals surface area (Å²) in [7, 11) is 0. The van der Waals surface area contributed by atoms with Crippen LogP contribution in [0.4, 0.5) is 11.4 Å². The first-order chi connectivity index (χ1) is 12.9. The molecular formula is C16H12N4O7. The van der Waals surface area contributed by atoms with Gasteiger partial charge in [-0.2, -0.15) is 5.10 Å². The first-order valence-electron chi connectivity index (χ1n) is 7.57. The van der Waals surface area contributed by atoms with E-state index in [0.29, 0.717) is 11.3 Å². The Labute approximate surface area is 151 Å². The lowest BCUT2D eigenvalue weighted by Gasteiger charge is -2.02. The van der Waals surface area contributed by atoms with Crippen LogP contribution in [0.1, 0.15) is 11.1 Å². The van der Waals surface area contributed by atoms with Gasteiger partial charge in [0.2, 0.25) is 12.7 Å². The van der Waals surface area contributed by atoms with Crippen molar-refractivity contribution in [2.45, 2.75) is 6.42 Å². The van der Waals surface area contributed by atoms with E-state index in [0.717, 1.165) is 6.21 Å². The number of hydrogen-bond donors (Lipinski definition) is 1. The van der Waals surface area contributed by atoms with Crippen LogP contribution in [0.15, 0.2) is 41.5 Å². The molecule has 11 nitrogen and oxygen atoms in total. The highest BCUT2D eigenvalue weighted by Crippen LogP contribution is 2.37. The number of amides is 1. The lowest BCUT2D eigenvalue weighted by molar-refractivity contribution is -0.385. The van der Waals surface area contributed by atoms with Gasteiger partial charge in [0.25, 0.3) is 11.4 Å². The molecule has 0 bridgehead atoms. The Hall–Kier alpha value is -4.02. The van der Waals surface area contributed by atoms with Crippen LogP contribution in [0.2, 0.25) is 0 Å². The summed E-state index contributed by atoms with van der Waals surface area (Å²) in [6, 6.07) is 8.13. The topological polar surface area (TPSA) is 146 Å². The quantitative estimate of drug-likeness (QED) is 0.463. The van der Waals surface area contributed by atoms with Crippen LogP contribution in [-0.2, 0) is 11.2 Å². The van der Waals surface area contributed by atoms with Crippen molar-refractivity contribution in [1.82, 2.24) is 5.43 Å². The van der Waals surface area contributed by atoms with Gasteiger partial charge in [-0.25, -0.2) is 5.43 Å². The van der Waals surface area contributed by atoms with Crippen molar-refractivity contribution in [3.05, 3.63) is 67.8 Å². The van der Waals surface area contributed by atoms with Gasteiger partial charge in [0.05, 0.1) is 34.1 Å². The van der Waals surface area contributed by atoms with Crippen LogP contribution in [0.25, 0.3) is 0 Å². The third kappa shape index (κ3) is 4.15. The Morgan fingerprint density at radius 1 is 1.11 bits per heavy atom. The van der Waals surface area contributed by atoms with Crippen LogP contribution < -0.4 is 14.9 Å². The van der Waals surface area contributed by atoms with Gasteiger partial charge < -0.3 is 9.47 Å². The van der Waals surface area contributed by atoms with Crippen molar-refractivity contribution in [2.24, 2.45) is 5.10 Å². The van der Waals surface area contributed by atoms with E-state index >= 15 is 0 Å². The molecule has 0 spiro atoms. The Morgan fingerprint density at radius 2 is 1.78 bits per heavy atom. The third-order valence-corrected chi connectivity index (χ3v) is 3.62. The number of nitrogens with zero attached hydrogens (tertiary/aromatic N) is 3. The van der Waals surface area contributed by atoms with E-state index < -0.39 is 15.8 Å². The van der Waals surface area contributed by atoms with Crippen molar-refractivity contribution < 1.29 is 24.1 Å². The third-order valence-electron chi connectivity index (χ3n) is 3.62. The molecule has 1 aliphatic heterocycles. The predicted molar refractivity (Wildman–Crippen MR) is 91.8 cm³/mol. The molecule has 0 atom stereocenters.